The number of furan rings is 1. The van der Waals surface area contributed by atoms with Crippen molar-refractivity contribution in [2.75, 3.05) is 5.32 Å². The number of nitrogens with zero attached hydrogens (tertiary/aromatic N) is 3. The molecule has 8 nitrogen and oxygen atoms in total. The monoisotopic (exact) mass is 375 g/mol. The van der Waals surface area contributed by atoms with E-state index in [0.717, 1.165) is 5.56 Å². The third-order valence-corrected chi connectivity index (χ3v) is 4.28. The Labute approximate surface area is 160 Å². The topological polar surface area (TPSA) is 102 Å². The molecule has 4 rings (SSSR count). The molecule has 1 aromatic carbocycles. The summed E-state index contributed by atoms with van der Waals surface area (Å²) in [6.45, 7) is 2.08. The Morgan fingerprint density at radius 2 is 1.96 bits per heavy atom. The lowest BCUT2D eigenvalue weighted by molar-refractivity contribution is 0.0948. The van der Waals surface area contributed by atoms with Crippen LogP contribution in [-0.2, 0) is 6.54 Å². The molecular formula is C20H17N5O3. The first kappa shape index (κ1) is 17.5. The summed E-state index contributed by atoms with van der Waals surface area (Å²) in [7, 11) is 0. The second-order valence-corrected chi connectivity index (χ2v) is 6.19. The van der Waals surface area contributed by atoms with E-state index in [-0.39, 0.29) is 24.1 Å². The Hall–Kier alpha value is -3.94. The van der Waals surface area contributed by atoms with Crippen molar-refractivity contribution in [3.63, 3.8) is 0 Å². The number of carbonyl (C=O) groups is 2. The van der Waals surface area contributed by atoms with Gasteiger partial charge >= 0.3 is 0 Å². The summed E-state index contributed by atoms with van der Waals surface area (Å²) in [6, 6.07) is 13.9. The fraction of sp³-hybridized carbons (Fsp3) is 0.100. The maximum atomic E-state index is 12.6. The summed E-state index contributed by atoms with van der Waals surface area (Å²) in [4.78, 5) is 24.7. The van der Waals surface area contributed by atoms with Gasteiger partial charge in [-0.05, 0) is 48.9 Å². The van der Waals surface area contributed by atoms with E-state index in [1.165, 1.54) is 6.26 Å². The molecule has 0 radical (unpaired) electrons. The molecule has 0 saturated carbocycles. The van der Waals surface area contributed by atoms with Crippen molar-refractivity contribution in [2.24, 2.45) is 0 Å². The summed E-state index contributed by atoms with van der Waals surface area (Å²) in [6.07, 6.45) is 3.27. The molecule has 0 spiro atoms. The van der Waals surface area contributed by atoms with Gasteiger partial charge in [0.05, 0.1) is 12.8 Å². The maximum Gasteiger partial charge on any atom is 0.291 e. The lowest BCUT2D eigenvalue weighted by Gasteiger charge is -2.10. The van der Waals surface area contributed by atoms with Crippen molar-refractivity contribution in [3.05, 3.63) is 83.7 Å². The number of benzene rings is 1. The molecular weight excluding hydrogens is 358 g/mol. The van der Waals surface area contributed by atoms with E-state index < -0.39 is 0 Å². The zero-order valence-corrected chi connectivity index (χ0v) is 15.0. The second-order valence-electron chi connectivity index (χ2n) is 6.19. The number of pyridine rings is 1. The van der Waals surface area contributed by atoms with Gasteiger partial charge in [0.1, 0.15) is 0 Å². The number of fused-ring (bicyclic) bond motifs is 1. The molecule has 0 aliphatic heterocycles. The molecule has 3 heterocycles. The molecule has 0 bridgehead atoms. The van der Waals surface area contributed by atoms with Gasteiger partial charge < -0.3 is 15.1 Å². The zero-order valence-electron chi connectivity index (χ0n) is 15.0. The fourth-order valence-electron chi connectivity index (χ4n) is 2.76. The number of hydrogen-bond acceptors (Lipinski definition) is 5. The summed E-state index contributed by atoms with van der Waals surface area (Å²) >= 11 is 0. The molecule has 4 aromatic rings. The number of aryl methyl sites for hydroxylation is 1. The Morgan fingerprint density at radius 3 is 2.79 bits per heavy atom. The molecule has 0 aliphatic carbocycles. The average Bonchev–Trinajstić information content (AvgIpc) is 3.38. The highest BCUT2D eigenvalue weighted by Gasteiger charge is 2.14. The van der Waals surface area contributed by atoms with Gasteiger partial charge in [-0.1, -0.05) is 12.1 Å². The fourth-order valence-corrected chi connectivity index (χ4v) is 2.76. The van der Waals surface area contributed by atoms with Gasteiger partial charge in [0.25, 0.3) is 11.8 Å². The Kier molecular flexibility index (Phi) is 4.59. The average molecular weight is 375 g/mol. The van der Waals surface area contributed by atoms with E-state index in [4.69, 9.17) is 4.42 Å². The first-order valence-electron chi connectivity index (χ1n) is 8.64. The van der Waals surface area contributed by atoms with Crippen molar-refractivity contribution in [1.82, 2.24) is 19.9 Å². The minimum absolute atomic E-state index is 0.202. The van der Waals surface area contributed by atoms with E-state index in [9.17, 15) is 9.59 Å². The van der Waals surface area contributed by atoms with Crippen molar-refractivity contribution < 1.29 is 14.0 Å². The summed E-state index contributed by atoms with van der Waals surface area (Å²) in [5.41, 5.74) is 2.51. The third-order valence-electron chi connectivity index (χ3n) is 4.28. The largest absolute Gasteiger partial charge is 0.459 e. The smallest absolute Gasteiger partial charge is 0.291 e. The highest BCUT2D eigenvalue weighted by molar-refractivity contribution is 6.03. The first-order chi connectivity index (χ1) is 13.6. The SMILES string of the molecule is Cc1ccc(C(=O)NCc2nnc3ccccn23)cc1NC(=O)c1ccco1. The molecule has 3 aromatic heterocycles. The summed E-state index contributed by atoms with van der Waals surface area (Å²) < 4.78 is 6.90. The highest BCUT2D eigenvalue weighted by Crippen LogP contribution is 2.18. The van der Waals surface area contributed by atoms with Gasteiger partial charge in [0.15, 0.2) is 17.2 Å². The van der Waals surface area contributed by atoms with Crippen molar-refractivity contribution in [1.29, 1.82) is 0 Å². The normalized spacial score (nSPS) is 10.8. The van der Waals surface area contributed by atoms with Crippen LogP contribution in [0.4, 0.5) is 5.69 Å². The van der Waals surface area contributed by atoms with Crippen molar-refractivity contribution in [2.45, 2.75) is 13.5 Å². The molecule has 28 heavy (non-hydrogen) atoms. The van der Waals surface area contributed by atoms with E-state index in [1.54, 1.807) is 30.3 Å². The molecule has 140 valence electrons. The van der Waals surface area contributed by atoms with Crippen LogP contribution >= 0.6 is 0 Å². The molecule has 0 atom stereocenters. The highest BCUT2D eigenvalue weighted by atomic mass is 16.3. The number of aromatic nitrogens is 3. The molecule has 0 saturated heterocycles. The minimum atomic E-state index is -0.374. The molecule has 0 unspecified atom stereocenters. The summed E-state index contributed by atoms with van der Waals surface area (Å²) in [5, 5.41) is 13.7. The van der Waals surface area contributed by atoms with Gasteiger partial charge in [-0.2, -0.15) is 0 Å². The maximum absolute atomic E-state index is 12.6. The van der Waals surface area contributed by atoms with Gasteiger partial charge in [-0.15, -0.1) is 10.2 Å². The van der Waals surface area contributed by atoms with E-state index >= 15 is 0 Å². The predicted octanol–water partition coefficient (Wildman–Crippen LogP) is 2.81. The minimum Gasteiger partial charge on any atom is -0.459 e. The van der Waals surface area contributed by atoms with Crippen LogP contribution in [0, 0.1) is 6.92 Å². The number of anilines is 1. The van der Waals surface area contributed by atoms with Crippen LogP contribution in [0.15, 0.2) is 65.4 Å². The predicted molar refractivity (Wildman–Crippen MR) is 102 cm³/mol. The van der Waals surface area contributed by atoms with E-state index in [2.05, 4.69) is 20.8 Å². The van der Waals surface area contributed by atoms with Crippen LogP contribution in [-0.4, -0.2) is 26.4 Å². The first-order valence-corrected chi connectivity index (χ1v) is 8.64. The molecule has 0 aliphatic rings. The van der Waals surface area contributed by atoms with E-state index in [0.29, 0.717) is 22.7 Å². The number of amides is 2. The lowest BCUT2D eigenvalue weighted by Crippen LogP contribution is -2.24. The number of rotatable bonds is 5. The molecule has 8 heteroatoms. The zero-order chi connectivity index (χ0) is 19.5. The van der Waals surface area contributed by atoms with Crippen LogP contribution in [0.25, 0.3) is 5.65 Å². The Balaban J connectivity index is 1.47. The molecule has 2 N–H and O–H groups in total. The second kappa shape index (κ2) is 7.36. The van der Waals surface area contributed by atoms with Gasteiger partial charge in [0, 0.05) is 17.4 Å². The van der Waals surface area contributed by atoms with Gasteiger partial charge in [0.2, 0.25) is 0 Å². The van der Waals surface area contributed by atoms with Crippen LogP contribution in [0.2, 0.25) is 0 Å². The molecule has 0 fully saturated rings. The van der Waals surface area contributed by atoms with Crippen molar-refractivity contribution >= 4 is 23.1 Å². The van der Waals surface area contributed by atoms with Gasteiger partial charge in [-0.25, -0.2) is 0 Å². The Bertz CT molecular complexity index is 1150. The Morgan fingerprint density at radius 1 is 1.07 bits per heavy atom. The van der Waals surface area contributed by atoms with Crippen LogP contribution in [0.5, 0.6) is 0 Å². The number of hydrogen-bond donors (Lipinski definition) is 2. The van der Waals surface area contributed by atoms with Crippen LogP contribution in [0.3, 0.4) is 0 Å². The van der Waals surface area contributed by atoms with E-state index in [1.807, 2.05) is 35.7 Å². The summed E-state index contributed by atoms with van der Waals surface area (Å²) in [5.74, 6) is 0.178. The van der Waals surface area contributed by atoms with Crippen LogP contribution in [0.1, 0.15) is 32.3 Å². The third kappa shape index (κ3) is 3.48. The standard InChI is InChI=1S/C20H17N5O3/c1-13-7-8-14(11-15(13)22-20(27)16-5-4-10-28-16)19(26)21-12-18-24-23-17-6-2-3-9-25(17)18/h2-11H,12H2,1H3,(H,21,26)(H,22,27). The lowest BCUT2D eigenvalue weighted by atomic mass is 10.1. The van der Waals surface area contributed by atoms with Crippen LogP contribution < -0.4 is 10.6 Å². The number of carbonyl (C=O) groups excluding carboxylic acids is 2. The molecule has 2 amide bonds. The van der Waals surface area contributed by atoms with Crippen molar-refractivity contribution in [3.8, 4) is 0 Å². The quantitative estimate of drug-likeness (QED) is 0.558. The van der Waals surface area contributed by atoms with Gasteiger partial charge in [-0.3, -0.25) is 14.0 Å². The number of nitrogens with one attached hydrogen (secondary N) is 2.